The van der Waals surface area contributed by atoms with Gasteiger partial charge in [0.05, 0.1) is 39.4 Å². The lowest BCUT2D eigenvalue weighted by Gasteiger charge is -2.49. The van der Waals surface area contributed by atoms with Crippen LogP contribution in [0, 0.1) is 11.8 Å². The Bertz CT molecular complexity index is 430. The van der Waals surface area contributed by atoms with Gasteiger partial charge in [-0.25, -0.2) is 0 Å². The van der Waals surface area contributed by atoms with E-state index in [-0.39, 0.29) is 11.7 Å². The van der Waals surface area contributed by atoms with Gasteiger partial charge in [-0.05, 0) is 37.8 Å². The summed E-state index contributed by atoms with van der Waals surface area (Å²) in [6, 6.07) is 0. The Morgan fingerprint density at radius 2 is 2.00 bits per heavy atom. The van der Waals surface area contributed by atoms with Crippen LogP contribution < -0.4 is 0 Å². The number of epoxide rings is 1. The van der Waals surface area contributed by atoms with Crippen molar-refractivity contribution in [3.63, 3.8) is 0 Å². The smallest absolute Gasteiger partial charge is 0.151 e. The molecule has 2 rings (SSSR count). The van der Waals surface area contributed by atoms with E-state index in [2.05, 4.69) is 13.8 Å². The highest BCUT2D eigenvalue weighted by Crippen LogP contribution is 2.56. The molecule has 0 N–H and O–H groups in total. The first-order valence-corrected chi connectivity index (χ1v) is 7.98. The number of Topliss-reactive ketones (excluding diaryl/α,β-unsaturated/α-hetero) is 1. The molecule has 0 aromatic carbocycles. The summed E-state index contributed by atoms with van der Waals surface area (Å²) in [5.41, 5.74) is -1.07. The predicted molar refractivity (Wildman–Crippen MR) is 86.3 cm³/mol. The zero-order valence-corrected chi connectivity index (χ0v) is 14.3. The fourth-order valence-electron chi connectivity index (χ4n) is 3.65. The number of carbonyl (C=O) groups is 1. The summed E-state index contributed by atoms with van der Waals surface area (Å²) >= 11 is 0. The molecule has 0 amide bonds. The molecule has 0 aromatic heterocycles. The molecule has 3 atom stereocenters. The van der Waals surface area contributed by atoms with Gasteiger partial charge in [-0.1, -0.05) is 13.8 Å². The van der Waals surface area contributed by atoms with Crippen LogP contribution in [0.25, 0.3) is 0 Å². The van der Waals surface area contributed by atoms with Gasteiger partial charge in [-0.3, -0.25) is 4.79 Å². The number of ether oxygens (including phenoxy) is 3. The van der Waals surface area contributed by atoms with Crippen molar-refractivity contribution < 1.29 is 19.0 Å². The van der Waals surface area contributed by atoms with Crippen LogP contribution in [0.4, 0.5) is 0 Å². The van der Waals surface area contributed by atoms with E-state index in [1.807, 2.05) is 13.8 Å². The highest BCUT2D eigenvalue weighted by atomic mass is 16.6. The summed E-state index contributed by atoms with van der Waals surface area (Å²) in [6.45, 7) is 9.46. The summed E-state index contributed by atoms with van der Waals surface area (Å²) < 4.78 is 17.3. The maximum atomic E-state index is 12.5. The van der Waals surface area contributed by atoms with E-state index in [9.17, 15) is 4.79 Å². The topological polar surface area (TPSA) is 48.1 Å². The van der Waals surface area contributed by atoms with Crippen LogP contribution in [0.15, 0.2) is 0 Å². The highest BCUT2D eigenvalue weighted by molar-refractivity contribution is 6.51. The predicted octanol–water partition coefficient (Wildman–Crippen LogP) is 1.65. The Morgan fingerprint density at radius 1 is 1.41 bits per heavy atom. The van der Waals surface area contributed by atoms with E-state index in [1.165, 1.54) is 7.11 Å². The average molecular weight is 304 g/mol. The minimum Gasteiger partial charge on any atom is -0.375 e. The molecule has 2 aliphatic rings. The Hall–Kier alpha value is -0.320. The lowest BCUT2D eigenvalue weighted by Crippen LogP contribution is -2.60. The second-order valence-electron chi connectivity index (χ2n) is 7.70. The van der Waals surface area contributed by atoms with Crippen LogP contribution in [-0.2, 0) is 19.0 Å². The van der Waals surface area contributed by atoms with Gasteiger partial charge >= 0.3 is 0 Å². The molecule has 4 radical (unpaired) electrons. The van der Waals surface area contributed by atoms with Crippen molar-refractivity contribution >= 4 is 21.5 Å². The monoisotopic (exact) mass is 304 g/mol. The first-order valence-electron chi connectivity index (χ1n) is 7.98. The summed E-state index contributed by atoms with van der Waals surface area (Å²) in [7, 11) is 13.5. The third-order valence-corrected chi connectivity index (χ3v) is 4.87. The molecule has 1 spiro atoms. The minimum absolute atomic E-state index is 0.218. The molecule has 4 nitrogen and oxygen atoms in total. The zero-order chi connectivity index (χ0) is 16.8. The number of methoxy groups -OCH3 is 1. The van der Waals surface area contributed by atoms with Gasteiger partial charge < -0.3 is 14.2 Å². The van der Waals surface area contributed by atoms with Crippen molar-refractivity contribution in [1.82, 2.24) is 0 Å². The van der Waals surface area contributed by atoms with E-state index in [0.717, 1.165) is 6.42 Å². The quantitative estimate of drug-likeness (QED) is 0.553. The average Bonchev–Trinajstić information content (AvgIpc) is 3.11. The van der Waals surface area contributed by atoms with Crippen LogP contribution in [0.5, 0.6) is 0 Å². The molecule has 0 aromatic rings. The summed E-state index contributed by atoms with van der Waals surface area (Å²) in [5, 5.41) is -1.40. The van der Waals surface area contributed by atoms with Gasteiger partial charge in [0.25, 0.3) is 0 Å². The van der Waals surface area contributed by atoms with Gasteiger partial charge in [0.1, 0.15) is 6.10 Å². The molecule has 1 aliphatic carbocycles. The third kappa shape index (κ3) is 3.29. The maximum absolute atomic E-state index is 12.5. The number of hydrogen-bond acceptors (Lipinski definition) is 4. The van der Waals surface area contributed by atoms with Crippen molar-refractivity contribution in [2.75, 3.05) is 20.3 Å². The fourth-order valence-corrected chi connectivity index (χ4v) is 3.65. The van der Waals surface area contributed by atoms with Crippen molar-refractivity contribution in [2.45, 2.75) is 63.1 Å². The molecule has 1 saturated heterocycles. The molecule has 6 heteroatoms. The Balaban J connectivity index is 2.21. The third-order valence-electron chi connectivity index (χ3n) is 4.87. The van der Waals surface area contributed by atoms with Gasteiger partial charge in [-0.15, -0.1) is 0 Å². The Kier molecular flexibility index (Phi) is 4.88. The molecule has 2 fully saturated rings. The molecular formula is C16H26B2O4. The second-order valence-corrected chi connectivity index (χ2v) is 7.70. The van der Waals surface area contributed by atoms with E-state index in [0.29, 0.717) is 25.6 Å². The lowest BCUT2D eigenvalue weighted by molar-refractivity contribution is -0.166. The van der Waals surface area contributed by atoms with Crippen LogP contribution >= 0.6 is 0 Å². The Morgan fingerprint density at radius 3 is 2.45 bits per heavy atom. The van der Waals surface area contributed by atoms with E-state index >= 15 is 0 Å². The number of carbonyl (C=O) groups excluding carboxylic acids is 1. The standard InChI is InChI=1S/C16H26B2O4/c1-10(2)6-7-21-14(3,4)12-11(20-5)13(19)16(17,18)8-15(12)9-22-15/h10-12H,6-9H2,1-5H3/t11-,12+,15-/m0/s1. The number of ketones is 1. The van der Waals surface area contributed by atoms with E-state index in [4.69, 9.17) is 29.9 Å². The van der Waals surface area contributed by atoms with E-state index < -0.39 is 22.5 Å². The largest absolute Gasteiger partial charge is 0.375 e. The first-order chi connectivity index (χ1) is 10.1. The molecule has 0 bridgehead atoms. The lowest BCUT2D eigenvalue weighted by atomic mass is 9.43. The van der Waals surface area contributed by atoms with Gasteiger partial charge in [0.2, 0.25) is 0 Å². The van der Waals surface area contributed by atoms with Gasteiger partial charge in [0.15, 0.2) is 5.78 Å². The Labute approximate surface area is 136 Å². The number of rotatable bonds is 6. The molecule has 1 heterocycles. The molecule has 22 heavy (non-hydrogen) atoms. The highest BCUT2D eigenvalue weighted by Gasteiger charge is 2.67. The maximum Gasteiger partial charge on any atom is 0.151 e. The zero-order valence-electron chi connectivity index (χ0n) is 14.3. The minimum atomic E-state index is -1.40. The fraction of sp³-hybridized carbons (Fsp3) is 0.938. The molecule has 1 saturated carbocycles. The molecule has 120 valence electrons. The second kappa shape index (κ2) is 5.95. The number of hydrogen-bond donors (Lipinski definition) is 0. The van der Waals surface area contributed by atoms with Crippen molar-refractivity contribution in [3.8, 4) is 0 Å². The van der Waals surface area contributed by atoms with Gasteiger partial charge in [0, 0.05) is 13.7 Å². The van der Waals surface area contributed by atoms with Crippen LogP contribution in [0.3, 0.4) is 0 Å². The van der Waals surface area contributed by atoms with E-state index in [1.54, 1.807) is 0 Å². The van der Waals surface area contributed by atoms with Crippen LogP contribution in [-0.4, -0.2) is 59.1 Å². The SMILES string of the molecule is [B]C1([B])C[C@]2(CO2)[C@@H](C(C)(C)OCCC(C)C)[C@H](OC)C1=O. The molecule has 1 aliphatic heterocycles. The van der Waals surface area contributed by atoms with Crippen molar-refractivity contribution in [1.29, 1.82) is 0 Å². The van der Waals surface area contributed by atoms with Crippen LogP contribution in [0.1, 0.15) is 40.5 Å². The van der Waals surface area contributed by atoms with Crippen molar-refractivity contribution in [2.24, 2.45) is 11.8 Å². The summed E-state index contributed by atoms with van der Waals surface area (Å²) in [4.78, 5) is 12.5. The normalized spacial score (nSPS) is 34.4. The summed E-state index contributed by atoms with van der Waals surface area (Å²) in [6.07, 6.45) is 0.563. The molecular weight excluding hydrogens is 278 g/mol. The van der Waals surface area contributed by atoms with Crippen molar-refractivity contribution in [3.05, 3.63) is 0 Å². The first kappa shape index (κ1) is 18.0. The van der Waals surface area contributed by atoms with Gasteiger partial charge in [-0.2, -0.15) is 0 Å². The van der Waals surface area contributed by atoms with Crippen LogP contribution in [0.2, 0.25) is 5.21 Å². The molecule has 0 unspecified atom stereocenters. The summed E-state index contributed by atoms with van der Waals surface area (Å²) in [5.74, 6) is 0.0698.